The van der Waals surface area contributed by atoms with E-state index in [1.165, 1.54) is 23.9 Å². The molecule has 8 nitrogen and oxygen atoms in total. The Balaban J connectivity index is 1.41. The SMILES string of the molecule is CC1(C)C(=O)Nc2ccccc2N1C(=O)CSc1nnc(-c2ccc(F)cc2)n1C[C@H]1CCCO1. The summed E-state index contributed by atoms with van der Waals surface area (Å²) in [5, 5.41) is 12.1. The Kier molecular flexibility index (Phi) is 6.33. The second-order valence-electron chi connectivity index (χ2n) is 9.11. The van der Waals surface area contributed by atoms with Crippen LogP contribution in [0.15, 0.2) is 53.7 Å². The maximum Gasteiger partial charge on any atom is 0.250 e. The van der Waals surface area contributed by atoms with Gasteiger partial charge in [-0.3, -0.25) is 19.1 Å². The van der Waals surface area contributed by atoms with Gasteiger partial charge in [0.15, 0.2) is 11.0 Å². The highest BCUT2D eigenvalue weighted by atomic mass is 32.2. The van der Waals surface area contributed by atoms with Gasteiger partial charge in [-0.15, -0.1) is 10.2 Å². The molecule has 2 aliphatic heterocycles. The normalized spacial score (nSPS) is 18.9. The van der Waals surface area contributed by atoms with Crippen molar-refractivity contribution in [3.8, 4) is 11.4 Å². The molecule has 0 bridgehead atoms. The molecular formula is C25H26FN5O3S. The molecule has 2 aliphatic rings. The molecule has 35 heavy (non-hydrogen) atoms. The van der Waals surface area contributed by atoms with Gasteiger partial charge >= 0.3 is 0 Å². The van der Waals surface area contributed by atoms with Gasteiger partial charge < -0.3 is 10.1 Å². The highest BCUT2D eigenvalue weighted by Crippen LogP contribution is 2.37. The minimum Gasteiger partial charge on any atom is -0.376 e. The lowest BCUT2D eigenvalue weighted by Crippen LogP contribution is -2.59. The molecule has 1 fully saturated rings. The van der Waals surface area contributed by atoms with Gasteiger partial charge in [-0.2, -0.15) is 0 Å². The molecule has 0 unspecified atom stereocenters. The van der Waals surface area contributed by atoms with Crippen molar-refractivity contribution in [2.24, 2.45) is 0 Å². The maximum absolute atomic E-state index is 13.5. The monoisotopic (exact) mass is 495 g/mol. The number of carbonyl (C=O) groups excluding carboxylic acids is 2. The van der Waals surface area contributed by atoms with E-state index in [4.69, 9.17) is 4.74 Å². The molecule has 1 atom stereocenters. The number of halogens is 1. The Morgan fingerprint density at radius 2 is 1.97 bits per heavy atom. The Hall–Kier alpha value is -3.24. The first-order valence-electron chi connectivity index (χ1n) is 11.5. The van der Waals surface area contributed by atoms with E-state index in [1.54, 1.807) is 36.9 Å². The van der Waals surface area contributed by atoms with Crippen molar-refractivity contribution in [2.45, 2.75) is 50.0 Å². The number of thioether (sulfide) groups is 1. The van der Waals surface area contributed by atoms with E-state index in [0.717, 1.165) is 18.4 Å². The molecule has 1 aromatic heterocycles. The van der Waals surface area contributed by atoms with Crippen molar-refractivity contribution in [2.75, 3.05) is 22.6 Å². The number of amides is 2. The number of nitrogens with one attached hydrogen (secondary N) is 1. The zero-order chi connectivity index (χ0) is 24.6. The molecule has 0 radical (unpaired) electrons. The summed E-state index contributed by atoms with van der Waals surface area (Å²) in [6.45, 7) is 4.71. The molecule has 0 saturated carbocycles. The third-order valence-corrected chi connectivity index (χ3v) is 7.26. The van der Waals surface area contributed by atoms with Crippen LogP contribution in [-0.2, 0) is 20.9 Å². The van der Waals surface area contributed by atoms with Crippen LogP contribution in [0.5, 0.6) is 0 Å². The summed E-state index contributed by atoms with van der Waals surface area (Å²) < 4.78 is 21.2. The topological polar surface area (TPSA) is 89.4 Å². The Labute approximate surface area is 206 Å². The van der Waals surface area contributed by atoms with E-state index in [9.17, 15) is 14.0 Å². The first kappa shape index (κ1) is 23.5. The predicted molar refractivity (Wildman–Crippen MR) is 132 cm³/mol. The van der Waals surface area contributed by atoms with Crippen molar-refractivity contribution in [3.63, 3.8) is 0 Å². The van der Waals surface area contributed by atoms with Gasteiger partial charge in [-0.1, -0.05) is 23.9 Å². The number of benzene rings is 2. The molecule has 2 aromatic carbocycles. The summed E-state index contributed by atoms with van der Waals surface area (Å²) in [6.07, 6.45) is 1.94. The van der Waals surface area contributed by atoms with E-state index >= 15 is 0 Å². The minimum atomic E-state index is -1.05. The van der Waals surface area contributed by atoms with Gasteiger partial charge in [0.05, 0.1) is 29.8 Å². The molecule has 5 rings (SSSR count). The minimum absolute atomic E-state index is 0.0249. The summed E-state index contributed by atoms with van der Waals surface area (Å²) >= 11 is 1.26. The summed E-state index contributed by atoms with van der Waals surface area (Å²) in [6, 6.07) is 13.4. The molecule has 3 heterocycles. The lowest BCUT2D eigenvalue weighted by atomic mass is 9.96. The van der Waals surface area contributed by atoms with Crippen molar-refractivity contribution in [1.82, 2.24) is 14.8 Å². The number of para-hydroxylation sites is 2. The predicted octanol–water partition coefficient (Wildman–Crippen LogP) is 4.12. The number of aromatic nitrogens is 3. The quantitative estimate of drug-likeness (QED) is 0.518. The van der Waals surface area contributed by atoms with Crippen LogP contribution in [0.3, 0.4) is 0 Å². The number of hydrogen-bond acceptors (Lipinski definition) is 6. The molecule has 1 N–H and O–H groups in total. The summed E-state index contributed by atoms with van der Waals surface area (Å²) in [5.41, 5.74) is 0.958. The fourth-order valence-electron chi connectivity index (χ4n) is 4.45. The Bertz CT molecular complexity index is 1250. The van der Waals surface area contributed by atoms with Crippen LogP contribution in [0, 0.1) is 5.82 Å². The van der Waals surface area contributed by atoms with Gasteiger partial charge in [0.25, 0.3) is 0 Å². The lowest BCUT2D eigenvalue weighted by Gasteiger charge is -2.42. The van der Waals surface area contributed by atoms with Crippen LogP contribution >= 0.6 is 11.8 Å². The van der Waals surface area contributed by atoms with Crippen molar-refractivity contribution >= 4 is 35.0 Å². The smallest absolute Gasteiger partial charge is 0.250 e. The van der Waals surface area contributed by atoms with Gasteiger partial charge in [0.1, 0.15) is 11.4 Å². The van der Waals surface area contributed by atoms with Gasteiger partial charge in [-0.05, 0) is 63.1 Å². The number of rotatable bonds is 6. The molecule has 2 amide bonds. The average molecular weight is 496 g/mol. The molecule has 182 valence electrons. The van der Waals surface area contributed by atoms with Crippen LogP contribution in [0.1, 0.15) is 26.7 Å². The van der Waals surface area contributed by atoms with Gasteiger partial charge in [0.2, 0.25) is 11.8 Å². The fourth-order valence-corrected chi connectivity index (χ4v) is 5.25. The van der Waals surface area contributed by atoms with Crippen LogP contribution in [-0.4, -0.2) is 50.6 Å². The fraction of sp³-hybridized carbons (Fsp3) is 0.360. The summed E-state index contributed by atoms with van der Waals surface area (Å²) in [4.78, 5) is 27.7. The average Bonchev–Trinajstić information content (AvgIpc) is 3.49. The molecule has 0 spiro atoms. The van der Waals surface area contributed by atoms with E-state index in [1.807, 2.05) is 22.8 Å². The maximum atomic E-state index is 13.5. The molecule has 1 saturated heterocycles. The molecule has 3 aromatic rings. The van der Waals surface area contributed by atoms with E-state index in [-0.39, 0.29) is 29.5 Å². The van der Waals surface area contributed by atoms with Gasteiger partial charge in [0, 0.05) is 12.2 Å². The van der Waals surface area contributed by atoms with Crippen molar-refractivity contribution in [3.05, 3.63) is 54.3 Å². The Morgan fingerprint density at radius 1 is 1.20 bits per heavy atom. The van der Waals surface area contributed by atoms with E-state index in [0.29, 0.717) is 35.5 Å². The Morgan fingerprint density at radius 3 is 2.71 bits per heavy atom. The van der Waals surface area contributed by atoms with Crippen LogP contribution < -0.4 is 10.2 Å². The number of fused-ring (bicyclic) bond motifs is 1. The first-order valence-corrected chi connectivity index (χ1v) is 12.5. The van der Waals surface area contributed by atoms with Gasteiger partial charge in [-0.25, -0.2) is 4.39 Å². The summed E-state index contributed by atoms with van der Waals surface area (Å²) in [7, 11) is 0. The largest absolute Gasteiger partial charge is 0.376 e. The second kappa shape index (κ2) is 9.43. The van der Waals surface area contributed by atoms with Crippen molar-refractivity contribution in [1.29, 1.82) is 0 Å². The third-order valence-electron chi connectivity index (χ3n) is 6.31. The van der Waals surface area contributed by atoms with Crippen LogP contribution in [0.25, 0.3) is 11.4 Å². The standard InChI is InChI=1S/C25H26FN5O3S/c1-25(2)23(33)27-19-7-3-4-8-20(19)31(25)21(32)15-35-24-29-28-22(16-9-11-17(26)12-10-16)30(24)14-18-6-5-13-34-18/h3-4,7-12,18H,5-6,13-15H2,1-2H3,(H,27,33)/t18-/m1/s1. The number of ether oxygens (including phenoxy) is 1. The molecule has 0 aliphatic carbocycles. The highest BCUT2D eigenvalue weighted by Gasteiger charge is 2.43. The third kappa shape index (κ3) is 4.55. The number of hydrogen-bond donors (Lipinski definition) is 1. The number of nitrogens with zero attached hydrogens (tertiary/aromatic N) is 4. The van der Waals surface area contributed by atoms with Crippen molar-refractivity contribution < 1.29 is 18.7 Å². The highest BCUT2D eigenvalue weighted by molar-refractivity contribution is 7.99. The van der Waals surface area contributed by atoms with E-state index < -0.39 is 5.54 Å². The molecular weight excluding hydrogens is 469 g/mol. The first-order chi connectivity index (χ1) is 16.8. The molecule has 10 heteroatoms. The number of carbonyl (C=O) groups is 2. The van der Waals surface area contributed by atoms with Crippen LogP contribution in [0.2, 0.25) is 0 Å². The zero-order valence-electron chi connectivity index (χ0n) is 19.5. The number of anilines is 2. The van der Waals surface area contributed by atoms with Crippen LogP contribution in [0.4, 0.5) is 15.8 Å². The second-order valence-corrected chi connectivity index (χ2v) is 10.0. The van der Waals surface area contributed by atoms with E-state index in [2.05, 4.69) is 15.5 Å². The zero-order valence-corrected chi connectivity index (χ0v) is 20.3. The summed E-state index contributed by atoms with van der Waals surface area (Å²) in [5.74, 6) is -0.115. The lowest BCUT2D eigenvalue weighted by molar-refractivity contribution is -0.125.